The number of pyridine rings is 1. The molecule has 0 saturated heterocycles. The fourth-order valence-corrected chi connectivity index (χ4v) is 4.48. The zero-order valence-electron chi connectivity index (χ0n) is 15.5. The Morgan fingerprint density at radius 1 is 0.926 bits per heavy atom. The minimum absolute atomic E-state index is 0.0266. The number of aryl methyl sites for hydroxylation is 1. The molecule has 0 saturated carbocycles. The van der Waals surface area contributed by atoms with E-state index in [1.165, 1.54) is 0 Å². The van der Waals surface area contributed by atoms with Gasteiger partial charge < -0.3 is 0 Å². The van der Waals surface area contributed by atoms with Crippen LogP contribution >= 0.6 is 0 Å². The van der Waals surface area contributed by atoms with E-state index < -0.39 is 16.1 Å². The number of hydrogen-bond acceptors (Lipinski definition) is 3. The van der Waals surface area contributed by atoms with Crippen molar-refractivity contribution in [3.05, 3.63) is 95.8 Å². The Hall–Kier alpha value is -2.50. The zero-order valence-corrected chi connectivity index (χ0v) is 16.4. The molecule has 1 heterocycles. The molecule has 0 bridgehead atoms. The summed E-state index contributed by atoms with van der Waals surface area (Å²) in [7, 11) is -3.68. The van der Waals surface area contributed by atoms with Crippen molar-refractivity contribution < 1.29 is 8.42 Å². The van der Waals surface area contributed by atoms with Gasteiger partial charge in [0.2, 0.25) is 10.0 Å². The first-order valence-corrected chi connectivity index (χ1v) is 10.5. The summed E-state index contributed by atoms with van der Waals surface area (Å²) in [5, 5.41) is 0. The molecule has 3 aromatic rings. The molecule has 3 rings (SSSR count). The molecule has 0 aliphatic heterocycles. The lowest BCUT2D eigenvalue weighted by molar-refractivity contribution is 0.476. The zero-order chi connectivity index (χ0) is 19.3. The summed E-state index contributed by atoms with van der Waals surface area (Å²) < 4.78 is 29.0. The highest BCUT2D eigenvalue weighted by atomic mass is 32.2. The van der Waals surface area contributed by atoms with E-state index in [2.05, 4.69) is 16.6 Å². The number of nitrogens with one attached hydrogen (secondary N) is 1. The summed E-state index contributed by atoms with van der Waals surface area (Å²) in [4.78, 5) is 4.70. The summed E-state index contributed by atoms with van der Waals surface area (Å²) in [5.74, 6) is -0.0266. The van der Waals surface area contributed by atoms with Crippen molar-refractivity contribution in [1.29, 1.82) is 0 Å². The van der Waals surface area contributed by atoms with Gasteiger partial charge in [0.15, 0.2) is 0 Å². The van der Waals surface area contributed by atoms with Crippen LogP contribution in [0.15, 0.2) is 83.9 Å². The molecule has 5 heteroatoms. The van der Waals surface area contributed by atoms with Crippen molar-refractivity contribution in [2.75, 3.05) is 0 Å². The Balaban J connectivity index is 2.01. The fraction of sp³-hybridized carbons (Fsp3) is 0.227. The lowest BCUT2D eigenvalue weighted by Gasteiger charge is -2.27. The minimum atomic E-state index is -3.68. The van der Waals surface area contributed by atoms with E-state index in [0.29, 0.717) is 5.69 Å². The molecule has 0 radical (unpaired) electrons. The Bertz CT molecular complexity index is 956. The second-order valence-electron chi connectivity index (χ2n) is 6.59. The van der Waals surface area contributed by atoms with Crippen molar-refractivity contribution >= 4 is 10.0 Å². The van der Waals surface area contributed by atoms with Crippen LogP contribution in [0.4, 0.5) is 0 Å². The van der Waals surface area contributed by atoms with Gasteiger partial charge in [-0.1, -0.05) is 61.0 Å². The van der Waals surface area contributed by atoms with Gasteiger partial charge in [0.25, 0.3) is 0 Å². The van der Waals surface area contributed by atoms with Gasteiger partial charge in [0.05, 0.1) is 16.6 Å². The Morgan fingerprint density at radius 2 is 1.59 bits per heavy atom. The lowest BCUT2D eigenvalue weighted by Crippen LogP contribution is -2.33. The third-order valence-corrected chi connectivity index (χ3v) is 6.15. The highest BCUT2D eigenvalue weighted by Gasteiger charge is 2.29. The number of aromatic nitrogens is 1. The largest absolute Gasteiger partial charge is 0.260 e. The standard InChI is InChI=1S/C22H24N2O2S/c1-3-20(18-9-5-4-6-10-18)22(21-11-7-8-16-23-21)24-27(25,26)19-14-12-17(2)13-15-19/h4-16,20,22,24H,3H2,1-2H3/t20-,22-/m0/s1. The van der Waals surface area contributed by atoms with Gasteiger partial charge in [-0.3, -0.25) is 4.98 Å². The quantitative estimate of drug-likeness (QED) is 0.651. The molecule has 1 N–H and O–H groups in total. The van der Waals surface area contributed by atoms with E-state index in [0.717, 1.165) is 17.5 Å². The second kappa shape index (κ2) is 8.46. The topological polar surface area (TPSA) is 59.1 Å². The highest BCUT2D eigenvalue weighted by molar-refractivity contribution is 7.89. The molecule has 140 valence electrons. The maximum atomic E-state index is 13.0. The van der Waals surface area contributed by atoms with Gasteiger partial charge in [-0.2, -0.15) is 0 Å². The molecule has 27 heavy (non-hydrogen) atoms. The number of benzene rings is 2. The van der Waals surface area contributed by atoms with Crippen LogP contribution in [-0.2, 0) is 10.0 Å². The molecular weight excluding hydrogens is 356 g/mol. The van der Waals surface area contributed by atoms with E-state index in [4.69, 9.17) is 0 Å². The monoisotopic (exact) mass is 380 g/mol. The second-order valence-corrected chi connectivity index (χ2v) is 8.31. The van der Waals surface area contributed by atoms with Crippen LogP contribution in [0.5, 0.6) is 0 Å². The van der Waals surface area contributed by atoms with Crippen LogP contribution in [0.25, 0.3) is 0 Å². The molecule has 0 aliphatic rings. The summed E-state index contributed by atoms with van der Waals surface area (Å²) in [6.07, 6.45) is 2.47. The number of nitrogens with zero attached hydrogens (tertiary/aromatic N) is 1. The average Bonchev–Trinajstić information content (AvgIpc) is 2.69. The number of rotatable bonds is 7. The number of hydrogen-bond donors (Lipinski definition) is 1. The molecule has 4 nitrogen and oxygen atoms in total. The maximum absolute atomic E-state index is 13.0. The Kier molecular flexibility index (Phi) is 6.04. The molecule has 0 spiro atoms. The first kappa shape index (κ1) is 19.3. The van der Waals surface area contributed by atoms with Crippen LogP contribution in [0.2, 0.25) is 0 Å². The van der Waals surface area contributed by atoms with Crippen LogP contribution in [-0.4, -0.2) is 13.4 Å². The first-order valence-electron chi connectivity index (χ1n) is 9.06. The van der Waals surface area contributed by atoms with Crippen molar-refractivity contribution in [3.63, 3.8) is 0 Å². The normalized spacial score (nSPS) is 13.9. The van der Waals surface area contributed by atoms with Gasteiger partial charge >= 0.3 is 0 Å². The summed E-state index contributed by atoms with van der Waals surface area (Å²) >= 11 is 0. The van der Waals surface area contributed by atoms with Gasteiger partial charge in [0.1, 0.15) is 0 Å². The molecule has 0 unspecified atom stereocenters. The van der Waals surface area contributed by atoms with Crippen LogP contribution in [0, 0.1) is 6.92 Å². The van der Waals surface area contributed by atoms with Crippen molar-refractivity contribution in [2.45, 2.75) is 37.1 Å². The maximum Gasteiger partial charge on any atom is 0.241 e. The molecule has 2 atom stereocenters. The lowest BCUT2D eigenvalue weighted by atomic mass is 9.88. The van der Waals surface area contributed by atoms with Gasteiger partial charge in [-0.05, 0) is 43.2 Å². The smallest absolute Gasteiger partial charge is 0.241 e. The third kappa shape index (κ3) is 4.62. The fourth-order valence-electron chi connectivity index (χ4n) is 3.23. The number of sulfonamides is 1. The SMILES string of the molecule is CC[C@@H](c1ccccc1)[C@H](NS(=O)(=O)c1ccc(C)cc1)c1ccccn1. The predicted octanol–water partition coefficient (Wildman–Crippen LogP) is 4.60. The molecular formula is C22H24N2O2S. The van der Waals surface area contributed by atoms with E-state index >= 15 is 0 Å². The predicted molar refractivity (Wildman–Crippen MR) is 108 cm³/mol. The minimum Gasteiger partial charge on any atom is -0.260 e. The molecule has 0 aliphatic carbocycles. The Morgan fingerprint density at radius 3 is 2.19 bits per heavy atom. The third-order valence-electron chi connectivity index (χ3n) is 4.69. The highest BCUT2D eigenvalue weighted by Crippen LogP contribution is 2.34. The van der Waals surface area contributed by atoms with E-state index in [1.54, 1.807) is 30.5 Å². The molecule has 2 aromatic carbocycles. The first-order chi connectivity index (χ1) is 13.0. The molecule has 0 amide bonds. The van der Waals surface area contributed by atoms with Gasteiger partial charge in [-0.25, -0.2) is 13.1 Å². The van der Waals surface area contributed by atoms with Crippen LogP contribution in [0.3, 0.4) is 0 Å². The molecule has 1 aromatic heterocycles. The van der Waals surface area contributed by atoms with E-state index in [1.807, 2.05) is 55.5 Å². The van der Waals surface area contributed by atoms with Crippen molar-refractivity contribution in [1.82, 2.24) is 9.71 Å². The van der Waals surface area contributed by atoms with Gasteiger partial charge in [-0.15, -0.1) is 0 Å². The average molecular weight is 381 g/mol. The van der Waals surface area contributed by atoms with Crippen molar-refractivity contribution in [2.24, 2.45) is 0 Å². The summed E-state index contributed by atoms with van der Waals surface area (Å²) in [6.45, 7) is 4.00. The van der Waals surface area contributed by atoms with E-state index in [9.17, 15) is 8.42 Å². The van der Waals surface area contributed by atoms with Crippen LogP contribution in [0.1, 0.15) is 42.1 Å². The van der Waals surface area contributed by atoms with E-state index in [-0.39, 0.29) is 10.8 Å². The van der Waals surface area contributed by atoms with Gasteiger partial charge in [0, 0.05) is 12.1 Å². The van der Waals surface area contributed by atoms with Crippen LogP contribution < -0.4 is 4.72 Å². The Labute approximate surface area is 161 Å². The summed E-state index contributed by atoms with van der Waals surface area (Å²) in [5.41, 5.74) is 2.82. The summed E-state index contributed by atoms with van der Waals surface area (Å²) in [6, 6.07) is 22.0. The van der Waals surface area contributed by atoms with Crippen molar-refractivity contribution in [3.8, 4) is 0 Å². The molecule has 0 fully saturated rings.